The summed E-state index contributed by atoms with van der Waals surface area (Å²) in [6.45, 7) is 2.04. The molecular formula is C14H15N3O4. The number of ether oxygens (including phenoxy) is 1. The Morgan fingerprint density at radius 1 is 1.43 bits per heavy atom. The lowest BCUT2D eigenvalue weighted by Gasteiger charge is -2.03. The molecule has 0 atom stereocenters. The number of benzene rings is 1. The number of nitrogens with two attached hydrogens (primary N) is 1. The Hall–Kier alpha value is -2.83. The van der Waals surface area contributed by atoms with Crippen LogP contribution in [-0.4, -0.2) is 33.7 Å². The minimum atomic E-state index is -1.08. The van der Waals surface area contributed by atoms with Crippen molar-refractivity contribution in [3.63, 3.8) is 0 Å². The highest BCUT2D eigenvalue weighted by atomic mass is 16.5. The summed E-state index contributed by atoms with van der Waals surface area (Å²) in [7, 11) is 0. The molecule has 7 nitrogen and oxygen atoms in total. The molecule has 21 heavy (non-hydrogen) atoms. The Balaban J connectivity index is 2.42. The maximum Gasteiger partial charge on any atom is 0.325 e. The van der Waals surface area contributed by atoms with E-state index in [1.54, 1.807) is 24.3 Å². The molecule has 0 saturated carbocycles. The van der Waals surface area contributed by atoms with Crippen LogP contribution in [0.4, 0.5) is 5.82 Å². The van der Waals surface area contributed by atoms with E-state index >= 15 is 0 Å². The first-order valence-corrected chi connectivity index (χ1v) is 6.33. The van der Waals surface area contributed by atoms with Crippen molar-refractivity contribution in [3.05, 3.63) is 29.8 Å². The van der Waals surface area contributed by atoms with Crippen LogP contribution in [0.25, 0.3) is 11.3 Å². The van der Waals surface area contributed by atoms with Crippen molar-refractivity contribution in [2.24, 2.45) is 0 Å². The molecule has 110 valence electrons. The van der Waals surface area contributed by atoms with Gasteiger partial charge in [-0.25, -0.2) is 4.68 Å². The Labute approximate surface area is 120 Å². The van der Waals surface area contributed by atoms with E-state index in [-0.39, 0.29) is 11.4 Å². The Morgan fingerprint density at radius 2 is 2.10 bits per heavy atom. The van der Waals surface area contributed by atoms with Gasteiger partial charge >= 0.3 is 5.97 Å². The Morgan fingerprint density at radius 3 is 2.62 bits per heavy atom. The molecular weight excluding hydrogens is 274 g/mol. The van der Waals surface area contributed by atoms with Crippen molar-refractivity contribution in [2.45, 2.75) is 13.5 Å². The topological polar surface area (TPSA) is 107 Å². The lowest BCUT2D eigenvalue weighted by molar-refractivity contribution is -0.137. The van der Waals surface area contributed by atoms with Crippen molar-refractivity contribution in [2.75, 3.05) is 12.3 Å². The largest absolute Gasteiger partial charge is 0.494 e. The van der Waals surface area contributed by atoms with E-state index in [2.05, 4.69) is 5.10 Å². The van der Waals surface area contributed by atoms with Crippen LogP contribution >= 0.6 is 0 Å². The SMILES string of the molecule is CCOc1ccc(-c2nn(CC(=O)O)c(N)c2C=O)cc1. The van der Waals surface area contributed by atoms with Gasteiger partial charge in [-0.15, -0.1) is 0 Å². The van der Waals surface area contributed by atoms with Gasteiger partial charge in [0.05, 0.1) is 12.2 Å². The van der Waals surface area contributed by atoms with Gasteiger partial charge in [0.25, 0.3) is 0 Å². The third-order valence-electron chi connectivity index (χ3n) is 2.87. The van der Waals surface area contributed by atoms with E-state index in [4.69, 9.17) is 15.6 Å². The lowest BCUT2D eigenvalue weighted by Crippen LogP contribution is -2.12. The van der Waals surface area contributed by atoms with Crippen LogP contribution in [0.2, 0.25) is 0 Å². The predicted octanol–water partition coefficient (Wildman–Crippen LogP) is 1.43. The van der Waals surface area contributed by atoms with Gasteiger partial charge in [0.2, 0.25) is 0 Å². The highest BCUT2D eigenvalue weighted by Gasteiger charge is 2.18. The first kappa shape index (κ1) is 14.6. The fourth-order valence-corrected chi connectivity index (χ4v) is 1.94. The second kappa shape index (κ2) is 6.08. The number of hydrogen-bond donors (Lipinski definition) is 2. The summed E-state index contributed by atoms with van der Waals surface area (Å²) in [6.07, 6.45) is 0.576. The van der Waals surface area contributed by atoms with E-state index in [0.29, 0.717) is 29.9 Å². The number of anilines is 1. The number of carboxylic acids is 1. The summed E-state index contributed by atoms with van der Waals surface area (Å²) in [5, 5.41) is 12.9. The van der Waals surface area contributed by atoms with Crippen molar-refractivity contribution in [3.8, 4) is 17.0 Å². The normalized spacial score (nSPS) is 10.3. The van der Waals surface area contributed by atoms with Crippen molar-refractivity contribution < 1.29 is 19.4 Å². The molecule has 2 aromatic rings. The second-order valence-electron chi connectivity index (χ2n) is 4.27. The summed E-state index contributed by atoms with van der Waals surface area (Å²) < 4.78 is 6.43. The van der Waals surface area contributed by atoms with Gasteiger partial charge in [-0.1, -0.05) is 0 Å². The molecule has 0 saturated heterocycles. The number of rotatable bonds is 6. The quantitative estimate of drug-likeness (QED) is 0.779. The number of aliphatic carboxylic acids is 1. The number of nitrogens with zero attached hydrogens (tertiary/aromatic N) is 2. The number of carboxylic acid groups (broad SMARTS) is 1. The van der Waals surface area contributed by atoms with Crippen LogP contribution in [0.3, 0.4) is 0 Å². The minimum Gasteiger partial charge on any atom is -0.494 e. The molecule has 1 heterocycles. The first-order chi connectivity index (χ1) is 10.1. The van der Waals surface area contributed by atoms with Crippen LogP contribution < -0.4 is 10.5 Å². The second-order valence-corrected chi connectivity index (χ2v) is 4.27. The number of nitrogen functional groups attached to an aromatic ring is 1. The molecule has 0 unspecified atom stereocenters. The molecule has 3 N–H and O–H groups in total. The van der Waals surface area contributed by atoms with Crippen LogP contribution in [-0.2, 0) is 11.3 Å². The summed E-state index contributed by atoms with van der Waals surface area (Å²) in [4.78, 5) is 21.9. The number of aldehydes is 1. The average molecular weight is 289 g/mol. The van der Waals surface area contributed by atoms with Crippen LogP contribution in [0.1, 0.15) is 17.3 Å². The maximum atomic E-state index is 11.2. The predicted molar refractivity (Wildman–Crippen MR) is 76.3 cm³/mol. The molecule has 0 aliphatic heterocycles. The zero-order valence-electron chi connectivity index (χ0n) is 11.4. The molecule has 0 amide bonds. The molecule has 0 fully saturated rings. The molecule has 0 aliphatic carbocycles. The fraction of sp³-hybridized carbons (Fsp3) is 0.214. The molecule has 0 aliphatic rings. The van der Waals surface area contributed by atoms with Gasteiger partial charge in [0, 0.05) is 5.56 Å². The van der Waals surface area contributed by atoms with Gasteiger partial charge in [0.1, 0.15) is 23.8 Å². The van der Waals surface area contributed by atoms with Crippen molar-refractivity contribution >= 4 is 18.1 Å². The van der Waals surface area contributed by atoms with E-state index in [0.717, 1.165) is 4.68 Å². The standard InChI is InChI=1S/C14H15N3O4/c1-2-21-10-5-3-9(4-6-10)13-11(8-18)14(15)17(16-13)7-12(19)20/h3-6,8H,2,7,15H2,1H3,(H,19,20). The molecule has 1 aromatic carbocycles. The first-order valence-electron chi connectivity index (χ1n) is 6.33. The summed E-state index contributed by atoms with van der Waals surface area (Å²) in [5.41, 5.74) is 6.96. The number of carbonyl (C=O) groups excluding carboxylic acids is 1. The van der Waals surface area contributed by atoms with E-state index < -0.39 is 12.5 Å². The molecule has 0 radical (unpaired) electrons. The van der Waals surface area contributed by atoms with Gasteiger partial charge in [-0.3, -0.25) is 9.59 Å². The van der Waals surface area contributed by atoms with Crippen LogP contribution in [0.15, 0.2) is 24.3 Å². The highest BCUT2D eigenvalue weighted by Crippen LogP contribution is 2.27. The Kier molecular flexibility index (Phi) is 4.22. The molecule has 2 rings (SSSR count). The highest BCUT2D eigenvalue weighted by molar-refractivity contribution is 5.91. The smallest absolute Gasteiger partial charge is 0.325 e. The molecule has 0 spiro atoms. The lowest BCUT2D eigenvalue weighted by atomic mass is 10.1. The van der Waals surface area contributed by atoms with Crippen molar-refractivity contribution in [1.29, 1.82) is 0 Å². The summed E-state index contributed by atoms with van der Waals surface area (Å²) in [6, 6.07) is 6.98. The number of aromatic nitrogens is 2. The fourth-order valence-electron chi connectivity index (χ4n) is 1.94. The van der Waals surface area contributed by atoms with Gasteiger partial charge in [0.15, 0.2) is 6.29 Å². The average Bonchev–Trinajstić information content (AvgIpc) is 2.76. The minimum absolute atomic E-state index is 0.0382. The van der Waals surface area contributed by atoms with Gasteiger partial charge in [-0.05, 0) is 31.2 Å². The monoisotopic (exact) mass is 289 g/mol. The zero-order valence-corrected chi connectivity index (χ0v) is 11.4. The van der Waals surface area contributed by atoms with Crippen molar-refractivity contribution in [1.82, 2.24) is 9.78 Å². The zero-order chi connectivity index (χ0) is 15.4. The Bertz CT molecular complexity index is 662. The van der Waals surface area contributed by atoms with E-state index in [9.17, 15) is 9.59 Å². The van der Waals surface area contributed by atoms with Gasteiger partial charge in [-0.2, -0.15) is 5.10 Å². The number of carbonyl (C=O) groups is 2. The maximum absolute atomic E-state index is 11.2. The van der Waals surface area contributed by atoms with Gasteiger partial charge < -0.3 is 15.6 Å². The van der Waals surface area contributed by atoms with E-state index in [1.165, 1.54) is 0 Å². The summed E-state index contributed by atoms with van der Waals surface area (Å²) in [5.74, 6) is -0.344. The number of hydrogen-bond acceptors (Lipinski definition) is 5. The van der Waals surface area contributed by atoms with Crippen LogP contribution in [0, 0.1) is 0 Å². The van der Waals surface area contributed by atoms with E-state index in [1.807, 2.05) is 6.92 Å². The molecule has 1 aromatic heterocycles. The third-order valence-corrected chi connectivity index (χ3v) is 2.87. The van der Waals surface area contributed by atoms with Crippen LogP contribution in [0.5, 0.6) is 5.75 Å². The third kappa shape index (κ3) is 3.02. The summed E-state index contributed by atoms with van der Waals surface area (Å²) >= 11 is 0. The molecule has 0 bridgehead atoms. The molecule has 7 heteroatoms.